The Morgan fingerprint density at radius 2 is 1.41 bits per heavy atom. The van der Waals surface area contributed by atoms with Crippen LogP contribution in [-0.4, -0.2) is 56.0 Å². The molecule has 2 aliphatic heterocycles. The minimum Gasteiger partial charge on any atom is -0.547 e. The van der Waals surface area contributed by atoms with Crippen molar-refractivity contribution >= 4 is 11.9 Å². The summed E-state index contributed by atoms with van der Waals surface area (Å²) in [5.74, 6) is -3.02. The first-order chi connectivity index (χ1) is 9.56. The molecule has 8 nitrogen and oxygen atoms in total. The van der Waals surface area contributed by atoms with Gasteiger partial charge in [-0.3, -0.25) is 0 Å². The molecule has 2 unspecified atom stereocenters. The number of hydrogen-bond donors (Lipinski definition) is 0. The van der Waals surface area contributed by atoms with Crippen molar-refractivity contribution in [3.63, 3.8) is 0 Å². The molecule has 0 spiro atoms. The molecule has 2 rings (SSSR count). The average molecular weight is 344 g/mol. The Balaban J connectivity index is 0.000000385. The Kier molecular flexibility index (Phi) is 9.22. The van der Waals surface area contributed by atoms with Gasteiger partial charge in [0, 0.05) is 0 Å². The van der Waals surface area contributed by atoms with Gasteiger partial charge in [-0.1, -0.05) is 0 Å². The maximum Gasteiger partial charge on any atom is 1.00 e. The maximum atomic E-state index is 10.9. The van der Waals surface area contributed by atoms with E-state index in [4.69, 9.17) is 18.9 Å². The number of rotatable bonds is 2. The van der Waals surface area contributed by atoms with Crippen LogP contribution in [0.15, 0.2) is 0 Å². The Morgan fingerprint density at radius 3 is 1.64 bits per heavy atom. The summed E-state index contributed by atoms with van der Waals surface area (Å²) in [6, 6.07) is 0. The smallest absolute Gasteiger partial charge is 0.547 e. The first-order valence-electron chi connectivity index (χ1n) is 6.48. The molecule has 0 aliphatic carbocycles. The van der Waals surface area contributed by atoms with Crippen molar-refractivity contribution in [2.45, 2.75) is 51.5 Å². The molecule has 2 atom stereocenters. The maximum absolute atomic E-state index is 10.9. The van der Waals surface area contributed by atoms with Crippen LogP contribution in [0.25, 0.3) is 0 Å². The van der Waals surface area contributed by atoms with E-state index in [0.717, 1.165) is 0 Å². The third-order valence-electron chi connectivity index (χ3n) is 2.74. The van der Waals surface area contributed by atoms with E-state index in [1.807, 2.05) is 0 Å². The molecule has 2 aliphatic rings. The average Bonchev–Trinajstić information content (AvgIpc) is 2.91. The van der Waals surface area contributed by atoms with Crippen molar-refractivity contribution in [3.05, 3.63) is 0 Å². The summed E-state index contributed by atoms with van der Waals surface area (Å²) in [5, 5.41) is 10.2. The van der Waals surface area contributed by atoms with Crippen molar-refractivity contribution in [3.8, 4) is 0 Å². The monoisotopic (exact) mass is 344 g/mol. The van der Waals surface area contributed by atoms with E-state index in [2.05, 4.69) is 4.74 Å². The minimum atomic E-state index is -1.22. The molecule has 2 saturated heterocycles. The van der Waals surface area contributed by atoms with Crippen LogP contribution in [0.2, 0.25) is 0 Å². The molecule has 22 heavy (non-hydrogen) atoms. The summed E-state index contributed by atoms with van der Waals surface area (Å²) >= 11 is 0. The summed E-state index contributed by atoms with van der Waals surface area (Å²) in [5.41, 5.74) is 0. The van der Waals surface area contributed by atoms with Gasteiger partial charge in [-0.2, -0.15) is 0 Å². The fourth-order valence-corrected chi connectivity index (χ4v) is 1.74. The van der Waals surface area contributed by atoms with Crippen LogP contribution in [0.5, 0.6) is 0 Å². The summed E-state index contributed by atoms with van der Waals surface area (Å²) in [7, 11) is 1.33. The van der Waals surface area contributed by atoms with Crippen molar-refractivity contribution in [1.82, 2.24) is 0 Å². The zero-order valence-corrected chi connectivity index (χ0v) is 17.0. The van der Waals surface area contributed by atoms with Gasteiger partial charge in [0.05, 0.1) is 26.3 Å². The molecule has 9 heteroatoms. The number of esters is 1. The Morgan fingerprint density at radius 1 is 1.00 bits per heavy atom. The normalized spacial score (nSPS) is 28.0. The number of carbonyl (C=O) groups is 2. The molecule has 2 fully saturated rings. The van der Waals surface area contributed by atoms with E-state index in [-0.39, 0.29) is 70.6 Å². The van der Waals surface area contributed by atoms with Gasteiger partial charge in [0.2, 0.25) is 0 Å². The van der Waals surface area contributed by atoms with Gasteiger partial charge in [-0.15, -0.1) is 0 Å². The second-order valence-electron chi connectivity index (χ2n) is 5.48. The topological polar surface area (TPSA) is 103 Å². The van der Waals surface area contributed by atoms with E-state index in [0.29, 0.717) is 0 Å². The third-order valence-corrected chi connectivity index (χ3v) is 2.74. The largest absolute Gasteiger partial charge is 1.00 e. The molecule has 0 radical (unpaired) electrons. The van der Waals surface area contributed by atoms with Crippen LogP contribution in [-0.2, 0) is 33.3 Å². The number of carboxylic acid groups (broad SMARTS) is 1. The molecular formula is C13H21KO8. The van der Waals surface area contributed by atoms with Crippen LogP contribution in [0.1, 0.15) is 27.7 Å². The number of ether oxygens (including phenoxy) is 5. The predicted molar refractivity (Wildman–Crippen MR) is 66.8 cm³/mol. The predicted octanol–water partition coefficient (Wildman–Crippen LogP) is -3.80. The zero-order chi connectivity index (χ0) is 16.3. The summed E-state index contributed by atoms with van der Waals surface area (Å²) < 4.78 is 24.7. The Labute approximate surface area is 172 Å². The van der Waals surface area contributed by atoms with Crippen molar-refractivity contribution in [2.24, 2.45) is 0 Å². The second kappa shape index (κ2) is 9.04. The van der Waals surface area contributed by atoms with Gasteiger partial charge in [-0.05, 0) is 27.7 Å². The van der Waals surface area contributed by atoms with Crippen LogP contribution in [0.3, 0.4) is 0 Å². The number of methoxy groups -OCH3 is 1. The molecular weight excluding hydrogens is 323 g/mol. The fraction of sp³-hybridized carbons (Fsp3) is 0.846. The van der Waals surface area contributed by atoms with Gasteiger partial charge in [0.15, 0.2) is 17.7 Å². The first-order valence-corrected chi connectivity index (χ1v) is 6.48. The molecule has 0 bridgehead atoms. The number of carbonyl (C=O) groups excluding carboxylic acids is 2. The molecule has 0 aromatic rings. The quantitative estimate of drug-likeness (QED) is 0.371. The van der Waals surface area contributed by atoms with E-state index < -0.39 is 29.8 Å². The Bertz CT molecular complexity index is 396. The van der Waals surface area contributed by atoms with Gasteiger partial charge >= 0.3 is 57.4 Å². The van der Waals surface area contributed by atoms with Crippen LogP contribution < -0.4 is 56.5 Å². The first kappa shape index (κ1) is 22.4. The molecule has 0 aromatic carbocycles. The molecule has 0 amide bonds. The molecule has 122 valence electrons. The van der Waals surface area contributed by atoms with Gasteiger partial charge < -0.3 is 33.6 Å². The van der Waals surface area contributed by atoms with Crippen LogP contribution >= 0.6 is 0 Å². The molecule has 0 aromatic heterocycles. The summed E-state index contributed by atoms with van der Waals surface area (Å²) in [6.07, 6.45) is -1.47. The van der Waals surface area contributed by atoms with E-state index in [1.54, 1.807) is 27.7 Å². The van der Waals surface area contributed by atoms with Crippen LogP contribution in [0, 0.1) is 0 Å². The van der Waals surface area contributed by atoms with Gasteiger partial charge in [0.1, 0.15) is 6.10 Å². The van der Waals surface area contributed by atoms with Crippen molar-refractivity contribution < 1.29 is 89.8 Å². The second-order valence-corrected chi connectivity index (χ2v) is 5.48. The van der Waals surface area contributed by atoms with E-state index in [1.165, 1.54) is 7.11 Å². The summed E-state index contributed by atoms with van der Waals surface area (Å²) in [4.78, 5) is 21.0. The fourth-order valence-electron chi connectivity index (χ4n) is 1.74. The summed E-state index contributed by atoms with van der Waals surface area (Å²) in [6.45, 7) is 7.20. The standard InChI is InChI=1S/C7H12O4.C6H10O4.K/c1-7(2)10-4-5(11-7)6(8)9-3;1-6(2)9-3-4(10-6)5(7)8;/h5H,4H2,1-3H3;4H,3H2,1-2H3,(H,7,8);/q;;+1/p-1. The zero-order valence-electron chi connectivity index (χ0n) is 13.8. The SMILES string of the molecule is CC1(C)OCC(C(=O)[O-])O1.COC(=O)C1COC(C)(C)O1.[K+]. The third kappa shape index (κ3) is 7.32. The minimum absolute atomic E-state index is 0. The van der Waals surface area contributed by atoms with Gasteiger partial charge in [0.25, 0.3) is 0 Å². The molecule has 0 N–H and O–H groups in total. The van der Waals surface area contributed by atoms with E-state index in [9.17, 15) is 14.7 Å². The van der Waals surface area contributed by atoms with Gasteiger partial charge in [-0.25, -0.2) is 4.79 Å². The number of carboxylic acids is 1. The molecule has 0 saturated carbocycles. The Hall–Kier alpha value is 0.416. The molecule has 2 heterocycles. The van der Waals surface area contributed by atoms with Crippen molar-refractivity contribution in [2.75, 3.05) is 20.3 Å². The number of aliphatic carboxylic acids is 1. The van der Waals surface area contributed by atoms with Crippen LogP contribution in [0.4, 0.5) is 0 Å². The number of hydrogen-bond acceptors (Lipinski definition) is 8. The van der Waals surface area contributed by atoms with Crippen molar-refractivity contribution in [1.29, 1.82) is 0 Å². The van der Waals surface area contributed by atoms with E-state index >= 15 is 0 Å².